The first-order valence-corrected chi connectivity index (χ1v) is 6.56. The van der Waals surface area contributed by atoms with Crippen molar-refractivity contribution in [3.8, 4) is 5.75 Å². The third-order valence-electron chi connectivity index (χ3n) is 3.05. The molecule has 0 heterocycles. The first kappa shape index (κ1) is 14.2. The van der Waals surface area contributed by atoms with Crippen molar-refractivity contribution in [2.75, 3.05) is 7.11 Å². The average Bonchev–Trinajstić information content (AvgIpc) is 2.41. The summed E-state index contributed by atoms with van der Waals surface area (Å²) in [5.74, 6) is 0.755. The van der Waals surface area contributed by atoms with Crippen molar-refractivity contribution in [2.45, 2.75) is 13.0 Å². The van der Waals surface area contributed by atoms with Crippen LogP contribution in [-0.4, -0.2) is 12.2 Å². The van der Waals surface area contributed by atoms with Gasteiger partial charge in [-0.2, -0.15) is 0 Å². The number of hydrogen-bond donors (Lipinski definition) is 1. The lowest BCUT2D eigenvalue weighted by atomic mass is 9.97. The minimum Gasteiger partial charge on any atom is -0.497 e. The van der Waals surface area contributed by atoms with Crippen LogP contribution in [0, 0.1) is 6.92 Å². The second kappa shape index (κ2) is 5.83. The van der Waals surface area contributed by atoms with E-state index in [1.165, 1.54) is 0 Å². The van der Waals surface area contributed by atoms with Gasteiger partial charge in [0.2, 0.25) is 0 Å². The first-order chi connectivity index (χ1) is 9.04. The molecule has 0 aliphatic rings. The highest BCUT2D eigenvalue weighted by molar-refractivity contribution is 6.42. The van der Waals surface area contributed by atoms with Crippen molar-refractivity contribution in [2.24, 2.45) is 0 Å². The lowest BCUT2D eigenvalue weighted by Crippen LogP contribution is -2.03. The normalized spacial score (nSPS) is 12.3. The third kappa shape index (κ3) is 2.86. The minimum atomic E-state index is -0.808. The van der Waals surface area contributed by atoms with Crippen molar-refractivity contribution in [3.05, 3.63) is 63.1 Å². The van der Waals surface area contributed by atoms with Crippen molar-refractivity contribution in [1.29, 1.82) is 0 Å². The van der Waals surface area contributed by atoms with E-state index >= 15 is 0 Å². The summed E-state index contributed by atoms with van der Waals surface area (Å²) in [5.41, 5.74) is 2.32. The van der Waals surface area contributed by atoms with Gasteiger partial charge in [-0.1, -0.05) is 41.4 Å². The Balaban J connectivity index is 2.44. The van der Waals surface area contributed by atoms with E-state index in [0.29, 0.717) is 15.6 Å². The Hall–Kier alpha value is -1.22. The molecule has 1 N–H and O–H groups in total. The summed E-state index contributed by atoms with van der Waals surface area (Å²) in [7, 11) is 1.61. The Morgan fingerprint density at radius 1 is 1.11 bits per heavy atom. The summed E-state index contributed by atoms with van der Waals surface area (Å²) in [5, 5.41) is 11.3. The Morgan fingerprint density at radius 2 is 1.84 bits per heavy atom. The van der Waals surface area contributed by atoms with E-state index in [1.54, 1.807) is 25.3 Å². The Morgan fingerprint density at radius 3 is 2.47 bits per heavy atom. The maximum atomic E-state index is 10.5. The van der Waals surface area contributed by atoms with Crippen LogP contribution in [0.3, 0.4) is 0 Å². The quantitative estimate of drug-likeness (QED) is 0.910. The van der Waals surface area contributed by atoms with Crippen LogP contribution in [0.1, 0.15) is 22.8 Å². The van der Waals surface area contributed by atoms with Gasteiger partial charge in [0.25, 0.3) is 0 Å². The van der Waals surface area contributed by atoms with Gasteiger partial charge in [-0.25, -0.2) is 0 Å². The molecule has 4 heteroatoms. The average molecular weight is 297 g/mol. The molecule has 0 saturated carbocycles. The molecular formula is C15H14Cl2O2. The molecule has 0 aliphatic heterocycles. The molecule has 0 bridgehead atoms. The summed E-state index contributed by atoms with van der Waals surface area (Å²) in [6.07, 6.45) is -0.808. The largest absolute Gasteiger partial charge is 0.497 e. The fourth-order valence-corrected chi connectivity index (χ4v) is 2.39. The number of aliphatic hydroxyl groups is 1. The van der Waals surface area contributed by atoms with Gasteiger partial charge >= 0.3 is 0 Å². The molecule has 0 aliphatic carbocycles. The van der Waals surface area contributed by atoms with Crippen LogP contribution in [0.2, 0.25) is 10.0 Å². The minimum absolute atomic E-state index is 0.381. The van der Waals surface area contributed by atoms with Gasteiger partial charge in [0.15, 0.2) is 0 Å². The Labute approximate surface area is 122 Å². The van der Waals surface area contributed by atoms with Crippen LogP contribution in [0.5, 0.6) is 5.75 Å². The topological polar surface area (TPSA) is 29.5 Å². The summed E-state index contributed by atoms with van der Waals surface area (Å²) in [4.78, 5) is 0. The first-order valence-electron chi connectivity index (χ1n) is 5.81. The van der Waals surface area contributed by atoms with Crippen LogP contribution in [0.15, 0.2) is 36.4 Å². The molecule has 0 fully saturated rings. The summed E-state index contributed by atoms with van der Waals surface area (Å²) >= 11 is 12.1. The van der Waals surface area contributed by atoms with E-state index in [9.17, 15) is 5.11 Å². The van der Waals surface area contributed by atoms with Gasteiger partial charge in [0.1, 0.15) is 11.9 Å². The summed E-state index contributed by atoms with van der Waals surface area (Å²) in [6.45, 7) is 1.92. The second-order valence-corrected chi connectivity index (χ2v) is 5.05. The Bertz CT molecular complexity index is 597. The predicted octanol–water partition coefficient (Wildman–Crippen LogP) is 4.39. The van der Waals surface area contributed by atoms with Crippen molar-refractivity contribution in [1.82, 2.24) is 0 Å². The van der Waals surface area contributed by atoms with Crippen molar-refractivity contribution in [3.63, 3.8) is 0 Å². The van der Waals surface area contributed by atoms with Gasteiger partial charge in [-0.15, -0.1) is 0 Å². The van der Waals surface area contributed by atoms with Gasteiger partial charge < -0.3 is 9.84 Å². The highest BCUT2D eigenvalue weighted by Crippen LogP contribution is 2.34. The molecule has 0 amide bonds. The standard InChI is InChI=1S/C15H14Cl2O2/c1-9-8-10(19-2)6-7-11(9)15(18)12-4-3-5-13(16)14(12)17/h3-8,15,18H,1-2H3. The van der Waals surface area contributed by atoms with E-state index < -0.39 is 6.10 Å². The number of aryl methyl sites for hydroxylation is 1. The zero-order valence-corrected chi connectivity index (χ0v) is 12.2. The zero-order valence-electron chi connectivity index (χ0n) is 10.7. The van der Waals surface area contributed by atoms with Gasteiger partial charge in [-0.3, -0.25) is 0 Å². The zero-order chi connectivity index (χ0) is 14.0. The maximum Gasteiger partial charge on any atom is 0.119 e. The second-order valence-electron chi connectivity index (χ2n) is 4.27. The Kier molecular flexibility index (Phi) is 4.35. The van der Waals surface area contributed by atoms with Gasteiger partial charge in [0.05, 0.1) is 17.2 Å². The summed E-state index contributed by atoms with van der Waals surface area (Å²) < 4.78 is 5.15. The lowest BCUT2D eigenvalue weighted by molar-refractivity contribution is 0.219. The van der Waals surface area contributed by atoms with Crippen LogP contribution in [0.4, 0.5) is 0 Å². The van der Waals surface area contributed by atoms with Gasteiger partial charge in [-0.05, 0) is 36.2 Å². The SMILES string of the molecule is COc1ccc(C(O)c2cccc(Cl)c2Cl)c(C)c1. The molecule has 2 aromatic rings. The van der Waals surface area contributed by atoms with E-state index in [1.807, 2.05) is 25.1 Å². The molecule has 19 heavy (non-hydrogen) atoms. The number of hydrogen-bond acceptors (Lipinski definition) is 2. The molecule has 0 radical (unpaired) electrons. The summed E-state index contributed by atoms with van der Waals surface area (Å²) in [6, 6.07) is 10.7. The van der Waals surface area contributed by atoms with Crippen LogP contribution < -0.4 is 4.74 Å². The van der Waals surface area contributed by atoms with Crippen molar-refractivity contribution < 1.29 is 9.84 Å². The fraction of sp³-hybridized carbons (Fsp3) is 0.200. The third-order valence-corrected chi connectivity index (χ3v) is 3.88. The number of methoxy groups -OCH3 is 1. The number of aliphatic hydroxyl groups excluding tert-OH is 1. The number of rotatable bonds is 3. The molecule has 0 spiro atoms. The molecule has 2 nitrogen and oxygen atoms in total. The predicted molar refractivity (Wildman–Crippen MR) is 78.3 cm³/mol. The molecule has 0 aromatic heterocycles. The van der Waals surface area contributed by atoms with Crippen LogP contribution in [0.25, 0.3) is 0 Å². The van der Waals surface area contributed by atoms with Crippen LogP contribution >= 0.6 is 23.2 Å². The molecule has 100 valence electrons. The highest BCUT2D eigenvalue weighted by Gasteiger charge is 2.17. The molecule has 2 aromatic carbocycles. The van der Waals surface area contributed by atoms with Crippen molar-refractivity contribution >= 4 is 23.2 Å². The van der Waals surface area contributed by atoms with E-state index in [2.05, 4.69) is 0 Å². The smallest absolute Gasteiger partial charge is 0.119 e. The lowest BCUT2D eigenvalue weighted by Gasteiger charge is -2.16. The van der Waals surface area contributed by atoms with Gasteiger partial charge in [0, 0.05) is 5.56 Å². The molecule has 0 saturated heterocycles. The molecule has 1 atom stereocenters. The maximum absolute atomic E-state index is 10.5. The van der Waals surface area contributed by atoms with E-state index in [0.717, 1.165) is 16.9 Å². The number of halogens is 2. The van der Waals surface area contributed by atoms with E-state index in [4.69, 9.17) is 27.9 Å². The highest BCUT2D eigenvalue weighted by atomic mass is 35.5. The van der Waals surface area contributed by atoms with E-state index in [-0.39, 0.29) is 0 Å². The molecule has 2 rings (SSSR count). The number of benzene rings is 2. The monoisotopic (exact) mass is 296 g/mol. The molecular weight excluding hydrogens is 283 g/mol. The fourth-order valence-electron chi connectivity index (χ4n) is 1.98. The number of ether oxygens (including phenoxy) is 1. The molecule has 1 unspecified atom stereocenters. The van der Waals surface area contributed by atoms with Crippen LogP contribution in [-0.2, 0) is 0 Å².